The predicted molar refractivity (Wildman–Crippen MR) is 91.6 cm³/mol. The highest BCUT2D eigenvalue weighted by molar-refractivity contribution is 5.75. The molecule has 3 aromatic rings. The second kappa shape index (κ2) is 6.36. The first-order chi connectivity index (χ1) is 11.1. The summed E-state index contributed by atoms with van der Waals surface area (Å²) in [7, 11) is 0. The lowest BCUT2D eigenvalue weighted by atomic mass is 9.87. The van der Waals surface area contributed by atoms with Crippen molar-refractivity contribution in [3.8, 4) is 0 Å². The van der Waals surface area contributed by atoms with Gasteiger partial charge in [0, 0.05) is 18.3 Å². The molecule has 0 aliphatic heterocycles. The Kier molecular flexibility index (Phi) is 4.28. The van der Waals surface area contributed by atoms with Crippen LogP contribution in [0, 0.1) is 5.92 Å². The summed E-state index contributed by atoms with van der Waals surface area (Å²) in [6.45, 7) is 6.41. The largest absolute Gasteiger partial charge is 0.348 e. The minimum atomic E-state index is -0.0847. The molecule has 5 heteroatoms. The van der Waals surface area contributed by atoms with Crippen LogP contribution in [0.25, 0.3) is 11.0 Å². The van der Waals surface area contributed by atoms with Crippen molar-refractivity contribution in [2.24, 2.45) is 5.92 Å². The monoisotopic (exact) mass is 310 g/mol. The van der Waals surface area contributed by atoms with Gasteiger partial charge in [-0.15, -0.1) is 0 Å². The molecular formula is C18H22N4O. The molecule has 5 nitrogen and oxygen atoms in total. The standard InChI is InChI=1S/C18H22N4O/c1-4-5-14-18(23)22-13-7-6-12(10-15(13)21-14)16(11(2)3)17-19-8-9-20-17/h6-11,16H,4-5H2,1-3H3,(H,19,20)(H,22,23). The third kappa shape index (κ3) is 3.04. The van der Waals surface area contributed by atoms with Crippen LogP contribution in [-0.4, -0.2) is 19.9 Å². The molecule has 0 bridgehead atoms. The van der Waals surface area contributed by atoms with Crippen LogP contribution in [0.3, 0.4) is 0 Å². The van der Waals surface area contributed by atoms with E-state index in [1.807, 2.05) is 25.3 Å². The molecule has 2 heterocycles. The Morgan fingerprint density at radius 1 is 1.26 bits per heavy atom. The Labute approximate surface area is 135 Å². The summed E-state index contributed by atoms with van der Waals surface area (Å²) in [6.07, 6.45) is 5.23. The van der Waals surface area contributed by atoms with E-state index in [2.05, 4.69) is 39.8 Å². The fourth-order valence-corrected chi connectivity index (χ4v) is 3.04. The first kappa shape index (κ1) is 15.5. The van der Waals surface area contributed by atoms with Crippen molar-refractivity contribution in [3.05, 3.63) is 58.0 Å². The Morgan fingerprint density at radius 2 is 2.09 bits per heavy atom. The lowest BCUT2D eigenvalue weighted by Gasteiger charge is -2.19. The topological polar surface area (TPSA) is 74.4 Å². The highest BCUT2D eigenvalue weighted by atomic mass is 16.1. The fourth-order valence-electron chi connectivity index (χ4n) is 3.04. The van der Waals surface area contributed by atoms with Gasteiger partial charge in [0.2, 0.25) is 0 Å². The van der Waals surface area contributed by atoms with E-state index in [1.165, 1.54) is 0 Å². The van der Waals surface area contributed by atoms with Crippen LogP contribution in [0.2, 0.25) is 0 Å². The van der Waals surface area contributed by atoms with Gasteiger partial charge in [0.05, 0.1) is 11.0 Å². The van der Waals surface area contributed by atoms with Crippen molar-refractivity contribution in [1.82, 2.24) is 19.9 Å². The van der Waals surface area contributed by atoms with Crippen LogP contribution < -0.4 is 5.56 Å². The Balaban J connectivity index is 2.11. The number of benzene rings is 1. The van der Waals surface area contributed by atoms with Crippen molar-refractivity contribution < 1.29 is 0 Å². The van der Waals surface area contributed by atoms with Gasteiger partial charge < -0.3 is 9.97 Å². The van der Waals surface area contributed by atoms with E-state index >= 15 is 0 Å². The maximum absolute atomic E-state index is 12.0. The molecule has 1 atom stereocenters. The molecular weight excluding hydrogens is 288 g/mol. The van der Waals surface area contributed by atoms with Crippen LogP contribution in [0.4, 0.5) is 0 Å². The number of aryl methyl sites for hydroxylation is 1. The van der Waals surface area contributed by atoms with E-state index in [-0.39, 0.29) is 11.5 Å². The first-order valence-corrected chi connectivity index (χ1v) is 8.12. The number of hydrogen-bond donors (Lipinski definition) is 2. The minimum Gasteiger partial charge on any atom is -0.348 e. The summed E-state index contributed by atoms with van der Waals surface area (Å²) in [4.78, 5) is 27.1. The first-order valence-electron chi connectivity index (χ1n) is 8.12. The lowest BCUT2D eigenvalue weighted by molar-refractivity contribution is 0.543. The average Bonchev–Trinajstić information content (AvgIpc) is 3.02. The Bertz CT molecular complexity index is 849. The highest BCUT2D eigenvalue weighted by Crippen LogP contribution is 2.30. The zero-order valence-corrected chi connectivity index (χ0v) is 13.8. The third-order valence-electron chi connectivity index (χ3n) is 4.11. The number of H-pyrrole nitrogens is 2. The summed E-state index contributed by atoms with van der Waals surface area (Å²) in [5, 5.41) is 0. The van der Waals surface area contributed by atoms with E-state index in [1.54, 1.807) is 6.20 Å². The molecule has 2 N–H and O–H groups in total. The quantitative estimate of drug-likeness (QED) is 0.758. The van der Waals surface area contributed by atoms with Crippen molar-refractivity contribution in [3.63, 3.8) is 0 Å². The molecule has 3 rings (SSSR count). The summed E-state index contributed by atoms with van der Waals surface area (Å²) in [6, 6.07) is 6.05. The number of fused-ring (bicyclic) bond motifs is 1. The van der Waals surface area contributed by atoms with Gasteiger partial charge in [0.1, 0.15) is 11.5 Å². The molecule has 0 aliphatic rings. The molecule has 1 unspecified atom stereocenters. The predicted octanol–water partition coefficient (Wildman–Crippen LogP) is 3.39. The number of nitrogens with zero attached hydrogens (tertiary/aromatic N) is 2. The van der Waals surface area contributed by atoms with Gasteiger partial charge in [-0.05, 0) is 30.0 Å². The second-order valence-corrected chi connectivity index (χ2v) is 6.24. The molecule has 0 saturated heterocycles. The third-order valence-corrected chi connectivity index (χ3v) is 4.11. The number of imidazole rings is 1. The SMILES string of the molecule is CCCc1nc2cc(C(c3ncc[nH]3)C(C)C)ccc2[nH]c1=O. The van der Waals surface area contributed by atoms with E-state index in [9.17, 15) is 4.79 Å². The van der Waals surface area contributed by atoms with E-state index in [0.717, 1.165) is 28.8 Å². The molecule has 23 heavy (non-hydrogen) atoms. The van der Waals surface area contributed by atoms with Crippen LogP contribution in [-0.2, 0) is 6.42 Å². The van der Waals surface area contributed by atoms with Gasteiger partial charge >= 0.3 is 0 Å². The average molecular weight is 310 g/mol. The number of aromatic amines is 2. The molecule has 1 aromatic carbocycles. The van der Waals surface area contributed by atoms with Crippen LogP contribution >= 0.6 is 0 Å². The van der Waals surface area contributed by atoms with Gasteiger partial charge in [-0.1, -0.05) is 33.3 Å². The van der Waals surface area contributed by atoms with Crippen molar-refractivity contribution in [2.45, 2.75) is 39.5 Å². The van der Waals surface area contributed by atoms with E-state index < -0.39 is 0 Å². The van der Waals surface area contributed by atoms with Crippen molar-refractivity contribution >= 4 is 11.0 Å². The number of nitrogens with one attached hydrogen (secondary N) is 2. The molecule has 0 fully saturated rings. The molecule has 2 aromatic heterocycles. The highest BCUT2D eigenvalue weighted by Gasteiger charge is 2.21. The minimum absolute atomic E-state index is 0.0847. The van der Waals surface area contributed by atoms with Gasteiger partial charge in [0.15, 0.2) is 0 Å². The summed E-state index contributed by atoms with van der Waals surface area (Å²) >= 11 is 0. The lowest BCUT2D eigenvalue weighted by Crippen LogP contribution is -2.15. The molecule has 0 saturated carbocycles. The van der Waals surface area contributed by atoms with Gasteiger partial charge in [-0.2, -0.15) is 0 Å². The fraction of sp³-hybridized carbons (Fsp3) is 0.389. The van der Waals surface area contributed by atoms with Gasteiger partial charge in [-0.25, -0.2) is 9.97 Å². The second-order valence-electron chi connectivity index (χ2n) is 6.24. The van der Waals surface area contributed by atoms with Crippen molar-refractivity contribution in [2.75, 3.05) is 0 Å². The van der Waals surface area contributed by atoms with E-state index in [4.69, 9.17) is 0 Å². The maximum Gasteiger partial charge on any atom is 0.270 e. The van der Waals surface area contributed by atoms with Crippen molar-refractivity contribution in [1.29, 1.82) is 0 Å². The van der Waals surface area contributed by atoms with Crippen LogP contribution in [0.5, 0.6) is 0 Å². The molecule has 0 amide bonds. The Hall–Kier alpha value is -2.43. The smallest absolute Gasteiger partial charge is 0.270 e. The molecule has 0 radical (unpaired) electrons. The summed E-state index contributed by atoms with van der Waals surface area (Å²) in [5.74, 6) is 1.53. The van der Waals surface area contributed by atoms with Gasteiger partial charge in [-0.3, -0.25) is 4.79 Å². The zero-order valence-electron chi connectivity index (χ0n) is 13.8. The molecule has 120 valence electrons. The molecule has 0 aliphatic carbocycles. The number of rotatable bonds is 5. The van der Waals surface area contributed by atoms with Crippen LogP contribution in [0.15, 0.2) is 35.4 Å². The summed E-state index contributed by atoms with van der Waals surface area (Å²) in [5.41, 5.74) is 3.29. The molecule has 0 spiro atoms. The Morgan fingerprint density at radius 3 is 2.74 bits per heavy atom. The maximum atomic E-state index is 12.0. The number of aromatic nitrogens is 4. The zero-order chi connectivity index (χ0) is 16.4. The summed E-state index contributed by atoms with van der Waals surface area (Å²) < 4.78 is 0. The van der Waals surface area contributed by atoms with Gasteiger partial charge in [0.25, 0.3) is 5.56 Å². The normalized spacial score (nSPS) is 12.9. The number of hydrogen-bond acceptors (Lipinski definition) is 3. The van der Waals surface area contributed by atoms with E-state index in [0.29, 0.717) is 18.0 Å². The van der Waals surface area contributed by atoms with Crippen LogP contribution in [0.1, 0.15) is 50.2 Å².